The van der Waals surface area contributed by atoms with Crippen LogP contribution >= 0.6 is 0 Å². The molecule has 5 heteroatoms. The van der Waals surface area contributed by atoms with Gasteiger partial charge in [0, 0.05) is 12.1 Å². The van der Waals surface area contributed by atoms with Crippen molar-refractivity contribution >= 4 is 0 Å². The van der Waals surface area contributed by atoms with Gasteiger partial charge in [-0.25, -0.2) is 0 Å². The molecule has 2 aromatic rings. The molecule has 0 amide bonds. The second kappa shape index (κ2) is 6.34. The van der Waals surface area contributed by atoms with Crippen molar-refractivity contribution in [1.29, 1.82) is 0 Å². The Morgan fingerprint density at radius 3 is 2.35 bits per heavy atom. The molecule has 1 aromatic carbocycles. The third kappa shape index (κ3) is 2.88. The van der Waals surface area contributed by atoms with Crippen molar-refractivity contribution in [2.24, 2.45) is 0 Å². The van der Waals surface area contributed by atoms with Crippen LogP contribution in [0, 0.1) is 6.92 Å². The van der Waals surface area contributed by atoms with Gasteiger partial charge in [-0.1, -0.05) is 0 Å². The lowest BCUT2D eigenvalue weighted by Crippen LogP contribution is -2.07. The number of methoxy groups -OCH3 is 2. The van der Waals surface area contributed by atoms with Crippen molar-refractivity contribution in [3.63, 3.8) is 0 Å². The molecule has 1 N–H and O–H groups in total. The third-order valence-corrected chi connectivity index (χ3v) is 3.07. The summed E-state index contributed by atoms with van der Waals surface area (Å²) < 4.78 is 10.8. The summed E-state index contributed by atoms with van der Waals surface area (Å²) in [5.74, 6) is 1.57. The van der Waals surface area contributed by atoms with Gasteiger partial charge in [-0.05, 0) is 43.8 Å². The first-order chi connectivity index (χ1) is 9.69. The smallest absolute Gasteiger partial charge is 0.128 e. The molecule has 0 unspecified atom stereocenters. The minimum absolute atomic E-state index is 0.696. The molecule has 1 aromatic heterocycles. The molecular weight excluding hydrogens is 254 g/mol. The van der Waals surface area contributed by atoms with E-state index in [1.54, 1.807) is 14.2 Å². The largest absolute Gasteiger partial charge is 0.496 e. The first-order valence-corrected chi connectivity index (χ1v) is 6.39. The van der Waals surface area contributed by atoms with Gasteiger partial charge in [0.2, 0.25) is 0 Å². The lowest BCUT2D eigenvalue weighted by Gasteiger charge is -2.12. The average molecular weight is 273 g/mol. The molecule has 0 fully saturated rings. The molecule has 0 aliphatic rings. The zero-order valence-electron chi connectivity index (χ0n) is 12.2. The molecule has 0 spiro atoms. The second-order valence-electron chi connectivity index (χ2n) is 4.46. The Bertz CT molecular complexity index is 582. The lowest BCUT2D eigenvalue weighted by molar-refractivity contribution is 0.401. The Labute approximate surface area is 118 Å². The predicted molar refractivity (Wildman–Crippen MR) is 78.1 cm³/mol. The number of nitrogens with zero attached hydrogens (tertiary/aromatic N) is 2. The Balaban J connectivity index is 2.44. The van der Waals surface area contributed by atoms with Gasteiger partial charge in [0.15, 0.2) is 0 Å². The average Bonchev–Trinajstić information content (AvgIpc) is 2.48. The summed E-state index contributed by atoms with van der Waals surface area (Å²) in [5, 5.41) is 11.5. The highest BCUT2D eigenvalue weighted by Crippen LogP contribution is 2.34. The van der Waals surface area contributed by atoms with E-state index in [1.165, 1.54) is 0 Å². The molecular formula is C15H19N3O2. The topological polar surface area (TPSA) is 56.3 Å². The van der Waals surface area contributed by atoms with Crippen molar-refractivity contribution in [3.8, 4) is 22.8 Å². The molecule has 0 saturated heterocycles. The minimum atomic E-state index is 0.696. The van der Waals surface area contributed by atoms with Gasteiger partial charge in [-0.2, -0.15) is 10.2 Å². The number of ether oxygens (including phenoxy) is 2. The van der Waals surface area contributed by atoms with Gasteiger partial charge in [0.25, 0.3) is 0 Å². The number of benzene rings is 1. The molecule has 1 heterocycles. The van der Waals surface area contributed by atoms with Crippen LogP contribution < -0.4 is 14.8 Å². The van der Waals surface area contributed by atoms with Gasteiger partial charge in [-0.3, -0.25) is 0 Å². The SMILES string of the molecule is CNCc1ccc(-c2cc(OC)c(C)cc2OC)nn1. The van der Waals surface area contributed by atoms with Gasteiger partial charge in [0.05, 0.1) is 25.6 Å². The van der Waals surface area contributed by atoms with Crippen LogP contribution in [0.2, 0.25) is 0 Å². The lowest BCUT2D eigenvalue weighted by atomic mass is 10.1. The summed E-state index contributed by atoms with van der Waals surface area (Å²) in [6.07, 6.45) is 0. The summed E-state index contributed by atoms with van der Waals surface area (Å²) in [4.78, 5) is 0. The number of aromatic nitrogens is 2. The van der Waals surface area contributed by atoms with Gasteiger partial charge >= 0.3 is 0 Å². The number of rotatable bonds is 5. The van der Waals surface area contributed by atoms with Crippen LogP contribution in [0.15, 0.2) is 24.3 Å². The van der Waals surface area contributed by atoms with Gasteiger partial charge in [-0.15, -0.1) is 0 Å². The van der Waals surface area contributed by atoms with Crippen LogP contribution in [0.4, 0.5) is 0 Å². The molecule has 0 aliphatic carbocycles. The van der Waals surface area contributed by atoms with Crippen molar-refractivity contribution in [2.45, 2.75) is 13.5 Å². The van der Waals surface area contributed by atoms with Crippen molar-refractivity contribution < 1.29 is 9.47 Å². The van der Waals surface area contributed by atoms with Crippen molar-refractivity contribution in [3.05, 3.63) is 35.5 Å². The maximum absolute atomic E-state index is 5.42. The number of nitrogens with one attached hydrogen (secondary N) is 1. The maximum Gasteiger partial charge on any atom is 0.128 e. The third-order valence-electron chi connectivity index (χ3n) is 3.07. The van der Waals surface area contributed by atoms with Crippen LogP contribution in [0.1, 0.15) is 11.3 Å². The molecule has 20 heavy (non-hydrogen) atoms. The summed E-state index contributed by atoms with van der Waals surface area (Å²) in [5.41, 5.74) is 3.56. The first kappa shape index (κ1) is 14.3. The molecule has 0 radical (unpaired) electrons. The van der Waals surface area contributed by atoms with E-state index >= 15 is 0 Å². The summed E-state index contributed by atoms with van der Waals surface area (Å²) in [7, 11) is 5.18. The minimum Gasteiger partial charge on any atom is -0.496 e. The summed E-state index contributed by atoms with van der Waals surface area (Å²) in [6, 6.07) is 7.75. The number of aryl methyl sites for hydroxylation is 1. The van der Waals surface area contributed by atoms with E-state index in [4.69, 9.17) is 9.47 Å². The Morgan fingerprint density at radius 2 is 1.80 bits per heavy atom. The number of hydrogen-bond acceptors (Lipinski definition) is 5. The van der Waals surface area contributed by atoms with E-state index in [0.717, 1.165) is 34.0 Å². The van der Waals surface area contributed by atoms with E-state index in [2.05, 4.69) is 15.5 Å². The summed E-state index contributed by atoms with van der Waals surface area (Å²) >= 11 is 0. The molecule has 5 nitrogen and oxygen atoms in total. The van der Waals surface area contributed by atoms with Gasteiger partial charge < -0.3 is 14.8 Å². The van der Waals surface area contributed by atoms with Crippen LogP contribution in [0.25, 0.3) is 11.3 Å². The fourth-order valence-electron chi connectivity index (χ4n) is 2.03. The summed E-state index contributed by atoms with van der Waals surface area (Å²) in [6.45, 7) is 2.68. The van der Waals surface area contributed by atoms with Crippen LogP contribution in [0.5, 0.6) is 11.5 Å². The van der Waals surface area contributed by atoms with Crippen LogP contribution in [-0.2, 0) is 6.54 Å². The van der Waals surface area contributed by atoms with Gasteiger partial charge in [0.1, 0.15) is 11.5 Å². The van der Waals surface area contributed by atoms with E-state index in [-0.39, 0.29) is 0 Å². The van der Waals surface area contributed by atoms with Crippen LogP contribution in [0.3, 0.4) is 0 Å². The predicted octanol–water partition coefficient (Wildman–Crippen LogP) is 2.19. The van der Waals surface area contributed by atoms with E-state index in [1.807, 2.05) is 38.2 Å². The highest BCUT2D eigenvalue weighted by atomic mass is 16.5. The monoisotopic (exact) mass is 273 g/mol. The van der Waals surface area contributed by atoms with Crippen molar-refractivity contribution in [2.75, 3.05) is 21.3 Å². The maximum atomic E-state index is 5.42. The highest BCUT2D eigenvalue weighted by Gasteiger charge is 2.12. The van der Waals surface area contributed by atoms with E-state index in [0.29, 0.717) is 6.54 Å². The highest BCUT2D eigenvalue weighted by molar-refractivity contribution is 5.70. The molecule has 0 atom stereocenters. The number of hydrogen-bond donors (Lipinski definition) is 1. The fraction of sp³-hybridized carbons (Fsp3) is 0.333. The Kier molecular flexibility index (Phi) is 4.53. The standard InChI is InChI=1S/C15H19N3O2/c1-10-7-15(20-4)12(8-14(10)19-3)13-6-5-11(9-16-2)17-18-13/h5-8,16H,9H2,1-4H3. The van der Waals surface area contributed by atoms with E-state index in [9.17, 15) is 0 Å². The van der Waals surface area contributed by atoms with Crippen LogP contribution in [-0.4, -0.2) is 31.5 Å². The molecule has 2 rings (SSSR count). The molecule has 106 valence electrons. The Hall–Kier alpha value is -2.14. The second-order valence-corrected chi connectivity index (χ2v) is 4.46. The fourth-order valence-corrected chi connectivity index (χ4v) is 2.03. The zero-order valence-corrected chi connectivity index (χ0v) is 12.2. The first-order valence-electron chi connectivity index (χ1n) is 6.39. The quantitative estimate of drug-likeness (QED) is 0.905. The Morgan fingerprint density at radius 1 is 1.05 bits per heavy atom. The van der Waals surface area contributed by atoms with E-state index < -0.39 is 0 Å². The normalized spacial score (nSPS) is 10.4. The molecule has 0 aliphatic heterocycles. The molecule has 0 bridgehead atoms. The zero-order chi connectivity index (χ0) is 14.5. The molecule has 0 saturated carbocycles. The van der Waals surface area contributed by atoms with Crippen molar-refractivity contribution in [1.82, 2.24) is 15.5 Å².